The predicted octanol–water partition coefficient (Wildman–Crippen LogP) is 2.07. The van der Waals surface area contributed by atoms with Gasteiger partial charge in [0.1, 0.15) is 0 Å². The fourth-order valence-corrected chi connectivity index (χ4v) is 1.97. The lowest BCUT2D eigenvalue weighted by molar-refractivity contribution is 0.0812. The maximum Gasteiger partial charge on any atom is 0.0792 e. The van der Waals surface area contributed by atoms with E-state index in [0.717, 1.165) is 37.9 Å². The van der Waals surface area contributed by atoms with Gasteiger partial charge in [-0.25, -0.2) is 0 Å². The normalized spacial score (nSPS) is 22.9. The Morgan fingerprint density at radius 1 is 1.47 bits per heavy atom. The van der Waals surface area contributed by atoms with Gasteiger partial charge in [-0.2, -0.15) is 0 Å². The maximum absolute atomic E-state index is 9.90. The summed E-state index contributed by atoms with van der Waals surface area (Å²) in [6.07, 6.45) is 7.44. The Hall–Kier alpha value is -0.930. The molecule has 3 nitrogen and oxygen atoms in total. The van der Waals surface area contributed by atoms with Crippen molar-refractivity contribution in [2.75, 3.05) is 6.61 Å². The summed E-state index contributed by atoms with van der Waals surface area (Å²) in [5.41, 5.74) is 0.947. The average Bonchev–Trinajstić information content (AvgIpc) is 2.80. The van der Waals surface area contributed by atoms with Crippen molar-refractivity contribution in [2.24, 2.45) is 0 Å². The van der Waals surface area contributed by atoms with Gasteiger partial charge >= 0.3 is 0 Å². The van der Waals surface area contributed by atoms with Gasteiger partial charge in [0.25, 0.3) is 0 Å². The quantitative estimate of drug-likeness (QED) is 0.821. The second-order valence-corrected chi connectivity index (χ2v) is 4.01. The fourth-order valence-electron chi connectivity index (χ4n) is 1.97. The zero-order chi connectivity index (χ0) is 10.5. The molecule has 0 bridgehead atoms. The molecule has 0 saturated carbocycles. The van der Waals surface area contributed by atoms with Gasteiger partial charge in [0.2, 0.25) is 0 Å². The lowest BCUT2D eigenvalue weighted by Crippen LogP contribution is -2.07. The van der Waals surface area contributed by atoms with E-state index in [-0.39, 0.29) is 6.10 Å². The first kappa shape index (κ1) is 10.6. The van der Waals surface area contributed by atoms with Crippen LogP contribution in [0.5, 0.6) is 0 Å². The molecule has 3 heteroatoms. The monoisotopic (exact) mass is 207 g/mol. The summed E-state index contributed by atoms with van der Waals surface area (Å²) in [6.45, 7) is 0.885. The molecule has 1 N–H and O–H groups in total. The number of rotatable bonds is 4. The second-order valence-electron chi connectivity index (χ2n) is 4.01. The van der Waals surface area contributed by atoms with Crippen molar-refractivity contribution in [2.45, 2.75) is 37.9 Å². The molecule has 1 aromatic heterocycles. The van der Waals surface area contributed by atoms with Crippen molar-refractivity contribution in [3.63, 3.8) is 0 Å². The predicted molar refractivity (Wildman–Crippen MR) is 57.4 cm³/mol. The topological polar surface area (TPSA) is 42.4 Å². The van der Waals surface area contributed by atoms with E-state index in [2.05, 4.69) is 4.98 Å². The van der Waals surface area contributed by atoms with Crippen molar-refractivity contribution >= 4 is 0 Å². The van der Waals surface area contributed by atoms with Gasteiger partial charge in [-0.15, -0.1) is 0 Å². The average molecular weight is 207 g/mol. The molecule has 1 aromatic rings. The molecule has 1 aliphatic heterocycles. The molecular weight excluding hydrogens is 190 g/mol. The van der Waals surface area contributed by atoms with Gasteiger partial charge in [-0.05, 0) is 43.4 Å². The molecule has 2 unspecified atom stereocenters. The molecule has 2 rings (SSSR count). The summed E-state index contributed by atoms with van der Waals surface area (Å²) < 4.78 is 5.52. The first-order valence-corrected chi connectivity index (χ1v) is 5.56. The van der Waals surface area contributed by atoms with Gasteiger partial charge in [0.15, 0.2) is 0 Å². The summed E-state index contributed by atoms with van der Waals surface area (Å²) in [5.74, 6) is 0. The number of hydrogen-bond acceptors (Lipinski definition) is 3. The van der Waals surface area contributed by atoms with Crippen molar-refractivity contribution in [3.8, 4) is 0 Å². The summed E-state index contributed by atoms with van der Waals surface area (Å²) in [7, 11) is 0. The van der Waals surface area contributed by atoms with Crippen LogP contribution >= 0.6 is 0 Å². The minimum atomic E-state index is -0.378. The molecule has 1 saturated heterocycles. The number of ether oxygens (including phenoxy) is 1. The van der Waals surface area contributed by atoms with Crippen LogP contribution in [-0.4, -0.2) is 22.8 Å². The summed E-state index contributed by atoms with van der Waals surface area (Å²) in [6, 6.07) is 3.72. The molecule has 0 aromatic carbocycles. The molecule has 2 heterocycles. The lowest BCUT2D eigenvalue weighted by atomic mass is 10.0. The second kappa shape index (κ2) is 5.24. The SMILES string of the molecule is OC(CCC1CCCO1)c1ccncc1. The van der Waals surface area contributed by atoms with Crippen molar-refractivity contribution in [1.82, 2.24) is 4.98 Å². The fraction of sp³-hybridized carbons (Fsp3) is 0.583. The molecule has 0 amide bonds. The Morgan fingerprint density at radius 3 is 2.93 bits per heavy atom. The van der Waals surface area contributed by atoms with Crippen molar-refractivity contribution < 1.29 is 9.84 Å². The maximum atomic E-state index is 9.90. The third-order valence-corrected chi connectivity index (χ3v) is 2.88. The van der Waals surface area contributed by atoms with Gasteiger partial charge in [0, 0.05) is 19.0 Å². The van der Waals surface area contributed by atoms with Crippen LogP contribution in [0.3, 0.4) is 0 Å². The molecule has 0 spiro atoms. The molecule has 1 fully saturated rings. The number of hydrogen-bond donors (Lipinski definition) is 1. The van der Waals surface area contributed by atoms with E-state index in [1.54, 1.807) is 12.4 Å². The van der Waals surface area contributed by atoms with E-state index in [4.69, 9.17) is 4.74 Å². The number of aliphatic hydroxyl groups is 1. The molecular formula is C12H17NO2. The van der Waals surface area contributed by atoms with E-state index in [1.165, 1.54) is 0 Å². The summed E-state index contributed by atoms with van der Waals surface area (Å²) in [4.78, 5) is 3.93. The highest BCUT2D eigenvalue weighted by molar-refractivity contribution is 5.12. The zero-order valence-electron chi connectivity index (χ0n) is 8.80. The van der Waals surface area contributed by atoms with Crippen LogP contribution in [0.2, 0.25) is 0 Å². The van der Waals surface area contributed by atoms with Crippen LogP contribution < -0.4 is 0 Å². The Balaban J connectivity index is 1.79. The number of nitrogens with zero attached hydrogens (tertiary/aromatic N) is 1. The molecule has 0 aliphatic carbocycles. The smallest absolute Gasteiger partial charge is 0.0792 e. The number of aliphatic hydroxyl groups excluding tert-OH is 1. The third kappa shape index (κ3) is 3.01. The Kier molecular flexibility index (Phi) is 3.69. The molecule has 0 radical (unpaired) electrons. The first-order chi connectivity index (χ1) is 7.36. The lowest BCUT2D eigenvalue weighted by Gasteiger charge is -2.13. The number of pyridine rings is 1. The largest absolute Gasteiger partial charge is 0.388 e. The Morgan fingerprint density at radius 2 is 2.27 bits per heavy atom. The van der Waals surface area contributed by atoms with Crippen LogP contribution in [0.25, 0.3) is 0 Å². The van der Waals surface area contributed by atoms with E-state index >= 15 is 0 Å². The van der Waals surface area contributed by atoms with Gasteiger partial charge in [-0.3, -0.25) is 4.98 Å². The van der Waals surface area contributed by atoms with E-state index in [0.29, 0.717) is 6.10 Å². The summed E-state index contributed by atoms with van der Waals surface area (Å²) >= 11 is 0. The van der Waals surface area contributed by atoms with E-state index in [1.807, 2.05) is 12.1 Å². The number of aromatic nitrogens is 1. The van der Waals surface area contributed by atoms with Crippen LogP contribution in [-0.2, 0) is 4.74 Å². The highest BCUT2D eigenvalue weighted by Crippen LogP contribution is 2.23. The van der Waals surface area contributed by atoms with Crippen LogP contribution in [0, 0.1) is 0 Å². The van der Waals surface area contributed by atoms with Crippen LogP contribution in [0.1, 0.15) is 37.4 Å². The Bertz CT molecular complexity index is 283. The van der Waals surface area contributed by atoms with Gasteiger partial charge in [0.05, 0.1) is 12.2 Å². The molecule has 82 valence electrons. The minimum absolute atomic E-state index is 0.362. The first-order valence-electron chi connectivity index (χ1n) is 5.56. The van der Waals surface area contributed by atoms with Crippen LogP contribution in [0.4, 0.5) is 0 Å². The molecule has 2 atom stereocenters. The third-order valence-electron chi connectivity index (χ3n) is 2.88. The molecule has 1 aliphatic rings. The van der Waals surface area contributed by atoms with Gasteiger partial charge < -0.3 is 9.84 Å². The minimum Gasteiger partial charge on any atom is -0.388 e. The standard InChI is InChI=1S/C12H17NO2/c14-12(10-5-7-13-8-6-10)4-3-11-2-1-9-15-11/h5-8,11-12,14H,1-4,9H2. The zero-order valence-corrected chi connectivity index (χ0v) is 8.80. The highest BCUT2D eigenvalue weighted by atomic mass is 16.5. The Labute approximate surface area is 90.1 Å². The van der Waals surface area contributed by atoms with Gasteiger partial charge in [-0.1, -0.05) is 0 Å². The van der Waals surface area contributed by atoms with E-state index < -0.39 is 0 Å². The van der Waals surface area contributed by atoms with E-state index in [9.17, 15) is 5.11 Å². The van der Waals surface area contributed by atoms with Crippen molar-refractivity contribution in [1.29, 1.82) is 0 Å². The van der Waals surface area contributed by atoms with Crippen LogP contribution in [0.15, 0.2) is 24.5 Å². The molecule has 15 heavy (non-hydrogen) atoms. The highest BCUT2D eigenvalue weighted by Gasteiger charge is 2.17. The summed E-state index contributed by atoms with van der Waals surface area (Å²) in [5, 5.41) is 9.90. The van der Waals surface area contributed by atoms with Crippen molar-refractivity contribution in [3.05, 3.63) is 30.1 Å².